The van der Waals surface area contributed by atoms with E-state index < -0.39 is 10.0 Å². The smallest absolute Gasteiger partial charge is 0.253 e. The van der Waals surface area contributed by atoms with E-state index in [0.717, 1.165) is 35.2 Å². The fourth-order valence-electron chi connectivity index (χ4n) is 3.60. The van der Waals surface area contributed by atoms with E-state index in [9.17, 15) is 13.2 Å². The van der Waals surface area contributed by atoms with Gasteiger partial charge in [-0.3, -0.25) is 4.79 Å². The van der Waals surface area contributed by atoms with Gasteiger partial charge in [-0.1, -0.05) is 6.07 Å². The Kier molecular flexibility index (Phi) is 7.24. The summed E-state index contributed by atoms with van der Waals surface area (Å²) < 4.78 is 27.7. The molecular weight excluding hydrogens is 464 g/mol. The second kappa shape index (κ2) is 10.1. The topological polar surface area (TPSA) is 82.6 Å². The van der Waals surface area contributed by atoms with Crippen LogP contribution in [0, 0.1) is 6.92 Å². The summed E-state index contributed by atoms with van der Waals surface area (Å²) in [5.41, 5.74) is 1.51. The van der Waals surface area contributed by atoms with Gasteiger partial charge in [0.25, 0.3) is 5.91 Å². The molecule has 1 aromatic carbocycles. The van der Waals surface area contributed by atoms with E-state index in [2.05, 4.69) is 14.6 Å². The maximum absolute atomic E-state index is 13.0. The van der Waals surface area contributed by atoms with Crippen molar-refractivity contribution in [3.63, 3.8) is 0 Å². The van der Waals surface area contributed by atoms with E-state index in [4.69, 9.17) is 0 Å². The molecule has 0 atom stereocenters. The molecule has 2 aromatic heterocycles. The molecule has 0 radical (unpaired) electrons. The summed E-state index contributed by atoms with van der Waals surface area (Å²) in [5.74, 6) is -0.0724. The zero-order valence-electron chi connectivity index (χ0n) is 17.9. The van der Waals surface area contributed by atoms with Gasteiger partial charge in [0, 0.05) is 48.5 Å². The Morgan fingerprint density at radius 1 is 1.09 bits per heavy atom. The Labute approximate surface area is 196 Å². The number of benzene rings is 1. The zero-order chi connectivity index (χ0) is 22.6. The molecule has 1 saturated heterocycles. The monoisotopic (exact) mass is 490 g/mol. The summed E-state index contributed by atoms with van der Waals surface area (Å²) in [6.45, 7) is 5.21. The fourth-order valence-corrected chi connectivity index (χ4v) is 6.20. The number of sulfonamides is 1. The number of rotatable bonds is 7. The van der Waals surface area contributed by atoms with Crippen LogP contribution >= 0.6 is 22.7 Å². The van der Waals surface area contributed by atoms with Gasteiger partial charge in [0.15, 0.2) is 5.13 Å². The molecule has 1 aliphatic rings. The molecule has 0 saturated carbocycles. The molecule has 1 N–H and O–H groups in total. The quantitative estimate of drug-likeness (QED) is 0.549. The Bertz CT molecular complexity index is 1140. The highest BCUT2D eigenvalue weighted by Crippen LogP contribution is 2.22. The Hall–Kier alpha value is -2.27. The van der Waals surface area contributed by atoms with Crippen LogP contribution < -0.4 is 9.62 Å². The van der Waals surface area contributed by atoms with Crippen molar-refractivity contribution in [2.75, 3.05) is 37.6 Å². The van der Waals surface area contributed by atoms with Gasteiger partial charge >= 0.3 is 0 Å². The third-order valence-electron chi connectivity index (χ3n) is 5.32. The normalized spacial score (nSPS) is 15.0. The number of aromatic nitrogens is 1. The minimum Gasteiger partial charge on any atom is -0.346 e. The molecule has 1 aliphatic heterocycles. The first kappa shape index (κ1) is 22.9. The standard InChI is InChI=1S/C22H26N4O3S3/c1-17-16-31-22(24-17)26-12-3-11-25(13-14-26)21(27)18-5-7-20(8-6-18)32(28,29)23-10-9-19-4-2-15-30-19/h2,4-8,15-16,23H,3,9-14H2,1H3. The first-order chi connectivity index (χ1) is 15.4. The third kappa shape index (κ3) is 5.55. The van der Waals surface area contributed by atoms with Gasteiger partial charge in [0.05, 0.1) is 10.6 Å². The van der Waals surface area contributed by atoms with Crippen molar-refractivity contribution in [3.8, 4) is 0 Å². The molecule has 0 unspecified atom stereocenters. The predicted octanol–water partition coefficient (Wildman–Crippen LogP) is 3.39. The van der Waals surface area contributed by atoms with Gasteiger partial charge in [0.1, 0.15) is 0 Å². The van der Waals surface area contributed by atoms with E-state index in [0.29, 0.717) is 31.6 Å². The summed E-state index contributed by atoms with van der Waals surface area (Å²) in [7, 11) is -3.61. The van der Waals surface area contributed by atoms with Gasteiger partial charge in [-0.05, 0) is 55.5 Å². The van der Waals surface area contributed by atoms with E-state index in [1.54, 1.807) is 34.8 Å². The molecule has 7 nitrogen and oxygen atoms in total. The van der Waals surface area contributed by atoms with Crippen molar-refractivity contribution in [3.05, 3.63) is 63.3 Å². The average molecular weight is 491 g/mol. The molecule has 1 fully saturated rings. The summed E-state index contributed by atoms with van der Waals surface area (Å²) >= 11 is 3.24. The molecule has 0 spiro atoms. The Morgan fingerprint density at radius 3 is 2.59 bits per heavy atom. The number of carbonyl (C=O) groups excluding carboxylic acids is 1. The highest BCUT2D eigenvalue weighted by atomic mass is 32.2. The number of thiazole rings is 1. The van der Waals surface area contributed by atoms with Crippen molar-refractivity contribution in [2.45, 2.75) is 24.7 Å². The molecule has 0 aliphatic carbocycles. The van der Waals surface area contributed by atoms with Gasteiger partial charge in [0.2, 0.25) is 10.0 Å². The van der Waals surface area contributed by atoms with Crippen molar-refractivity contribution in [2.24, 2.45) is 0 Å². The zero-order valence-corrected chi connectivity index (χ0v) is 20.3. The maximum atomic E-state index is 13.0. The highest BCUT2D eigenvalue weighted by molar-refractivity contribution is 7.89. The summed E-state index contributed by atoms with van der Waals surface area (Å²) in [5, 5.41) is 5.01. The van der Waals surface area contributed by atoms with Crippen molar-refractivity contribution in [1.82, 2.24) is 14.6 Å². The lowest BCUT2D eigenvalue weighted by Gasteiger charge is -2.22. The number of carbonyl (C=O) groups is 1. The van der Waals surface area contributed by atoms with Crippen LogP contribution in [-0.2, 0) is 16.4 Å². The van der Waals surface area contributed by atoms with Crippen LogP contribution in [0.1, 0.15) is 27.3 Å². The number of hydrogen-bond acceptors (Lipinski definition) is 7. The van der Waals surface area contributed by atoms with E-state index in [1.807, 2.05) is 34.7 Å². The van der Waals surface area contributed by atoms with Crippen LogP contribution in [0.5, 0.6) is 0 Å². The fraction of sp³-hybridized carbons (Fsp3) is 0.364. The third-order valence-corrected chi connectivity index (χ3v) is 8.75. The van der Waals surface area contributed by atoms with Crippen LogP contribution in [-0.4, -0.2) is 56.9 Å². The van der Waals surface area contributed by atoms with Crippen molar-refractivity contribution >= 4 is 43.7 Å². The Morgan fingerprint density at radius 2 is 1.91 bits per heavy atom. The van der Waals surface area contributed by atoms with Gasteiger partial charge in [-0.2, -0.15) is 0 Å². The number of nitrogens with zero attached hydrogens (tertiary/aromatic N) is 3. The number of aryl methyl sites for hydroxylation is 1. The second-order valence-electron chi connectivity index (χ2n) is 7.66. The minimum absolute atomic E-state index is 0.0724. The average Bonchev–Trinajstić information content (AvgIpc) is 3.39. The second-order valence-corrected chi connectivity index (χ2v) is 11.3. The first-order valence-corrected chi connectivity index (χ1v) is 13.7. The van der Waals surface area contributed by atoms with Crippen LogP contribution in [0.2, 0.25) is 0 Å². The SMILES string of the molecule is Cc1csc(N2CCCN(C(=O)c3ccc(S(=O)(=O)NCCc4cccs4)cc3)CC2)n1. The van der Waals surface area contributed by atoms with E-state index in [1.165, 1.54) is 12.1 Å². The van der Waals surface area contributed by atoms with Gasteiger partial charge in [-0.25, -0.2) is 18.1 Å². The Balaban J connectivity index is 1.35. The predicted molar refractivity (Wildman–Crippen MR) is 129 cm³/mol. The molecule has 3 heterocycles. The van der Waals surface area contributed by atoms with E-state index >= 15 is 0 Å². The molecule has 0 bridgehead atoms. The molecule has 32 heavy (non-hydrogen) atoms. The summed E-state index contributed by atoms with van der Waals surface area (Å²) in [4.78, 5) is 22.9. The largest absolute Gasteiger partial charge is 0.346 e. The number of anilines is 1. The molecule has 3 aromatic rings. The summed E-state index contributed by atoms with van der Waals surface area (Å²) in [6.07, 6.45) is 1.52. The van der Waals surface area contributed by atoms with Crippen molar-refractivity contribution < 1.29 is 13.2 Å². The molecular formula is C22H26N4O3S3. The lowest BCUT2D eigenvalue weighted by atomic mass is 10.2. The van der Waals surface area contributed by atoms with Gasteiger partial charge < -0.3 is 9.80 Å². The van der Waals surface area contributed by atoms with Crippen LogP contribution in [0.15, 0.2) is 52.1 Å². The molecule has 4 rings (SSSR count). The van der Waals surface area contributed by atoms with Crippen molar-refractivity contribution in [1.29, 1.82) is 0 Å². The molecule has 170 valence electrons. The van der Waals surface area contributed by atoms with Crippen LogP contribution in [0.3, 0.4) is 0 Å². The lowest BCUT2D eigenvalue weighted by Crippen LogP contribution is -2.35. The first-order valence-electron chi connectivity index (χ1n) is 10.5. The molecule has 1 amide bonds. The lowest BCUT2D eigenvalue weighted by molar-refractivity contribution is 0.0767. The minimum atomic E-state index is -3.61. The highest BCUT2D eigenvalue weighted by Gasteiger charge is 2.22. The number of hydrogen-bond donors (Lipinski definition) is 1. The number of nitrogens with one attached hydrogen (secondary N) is 1. The molecule has 10 heteroatoms. The van der Waals surface area contributed by atoms with Crippen LogP contribution in [0.25, 0.3) is 0 Å². The van der Waals surface area contributed by atoms with E-state index in [-0.39, 0.29) is 10.8 Å². The van der Waals surface area contributed by atoms with Crippen LogP contribution in [0.4, 0.5) is 5.13 Å². The number of amides is 1. The summed E-state index contributed by atoms with van der Waals surface area (Å²) in [6, 6.07) is 10.1. The van der Waals surface area contributed by atoms with Gasteiger partial charge in [-0.15, -0.1) is 22.7 Å². The number of thiophene rings is 1. The maximum Gasteiger partial charge on any atom is 0.253 e.